The Bertz CT molecular complexity index is 652. The van der Waals surface area contributed by atoms with Crippen molar-refractivity contribution in [1.82, 2.24) is 0 Å². The van der Waals surface area contributed by atoms with E-state index in [0.29, 0.717) is 18.0 Å². The van der Waals surface area contributed by atoms with Crippen molar-refractivity contribution in [1.29, 1.82) is 0 Å². The van der Waals surface area contributed by atoms with Crippen LogP contribution in [-0.2, 0) is 11.3 Å². The van der Waals surface area contributed by atoms with Crippen molar-refractivity contribution in [3.8, 4) is 11.5 Å². The van der Waals surface area contributed by atoms with Gasteiger partial charge < -0.3 is 9.39 Å². The zero-order valence-electron chi connectivity index (χ0n) is 11.5. The van der Waals surface area contributed by atoms with Crippen LogP contribution in [-0.4, -0.2) is 6.92 Å². The van der Waals surface area contributed by atoms with E-state index in [1.165, 1.54) is 11.0 Å². The summed E-state index contributed by atoms with van der Waals surface area (Å²) in [4.78, 5) is 3.32. The van der Waals surface area contributed by atoms with Gasteiger partial charge in [0.2, 0.25) is 5.69 Å². The van der Waals surface area contributed by atoms with Gasteiger partial charge in [0, 0.05) is 5.75 Å². The number of nitrogens with zero attached hydrogens (tertiary/aromatic N) is 1. The maximum Gasteiger partial charge on any atom is 1.00 e. The Kier molecular flexibility index (Phi) is 5.59. The fourth-order valence-corrected chi connectivity index (χ4v) is 2.13. The molecule has 3 nitrogen and oxygen atoms in total. The first-order valence-corrected chi connectivity index (χ1v) is 6.08. The van der Waals surface area contributed by atoms with Crippen LogP contribution in [0.5, 0.6) is 11.5 Å². The van der Waals surface area contributed by atoms with Crippen molar-refractivity contribution >= 4 is 18.1 Å². The van der Waals surface area contributed by atoms with E-state index in [-0.39, 0.29) is 65.1 Å². The minimum absolute atomic E-state index is 0. The second kappa shape index (κ2) is 7.02. The number of hydrogen-bond donors (Lipinski definition) is 0. The molecule has 0 saturated carbocycles. The van der Waals surface area contributed by atoms with Gasteiger partial charge in [0.05, 0.1) is 6.61 Å². The predicted octanol–water partition coefficient (Wildman–Crippen LogP) is 0.192. The maximum absolute atomic E-state index is 6.89. The van der Waals surface area contributed by atoms with Gasteiger partial charge in [-0.15, -0.1) is 12.1 Å². The molecule has 0 bridgehead atoms. The molecular formula is C15H11BNO2Rb. The summed E-state index contributed by atoms with van der Waals surface area (Å²) < 4.78 is 11.3. The molecule has 2 aromatic carbocycles. The van der Waals surface area contributed by atoms with Crippen molar-refractivity contribution in [2.75, 3.05) is 0 Å². The molecule has 0 spiro atoms. The minimum Gasteiger partial charge on any atom is -0.483 e. The monoisotopic (exact) mass is 333 g/mol. The van der Waals surface area contributed by atoms with Gasteiger partial charge in [-0.2, -0.15) is 0 Å². The van der Waals surface area contributed by atoms with Crippen molar-refractivity contribution in [3.63, 3.8) is 0 Å². The molecule has 0 radical (unpaired) electrons. The summed E-state index contributed by atoms with van der Waals surface area (Å²) in [7, 11) is 0. The third kappa shape index (κ3) is 3.41. The van der Waals surface area contributed by atoms with Gasteiger partial charge in [-0.1, -0.05) is 25.0 Å². The number of fused-ring (bicyclic) bond motifs is 1. The van der Waals surface area contributed by atoms with Crippen LogP contribution in [0.25, 0.3) is 4.85 Å². The Morgan fingerprint density at radius 1 is 1.35 bits per heavy atom. The van der Waals surface area contributed by atoms with Gasteiger partial charge in [0.15, 0.2) is 0 Å². The molecule has 1 aliphatic rings. The van der Waals surface area contributed by atoms with Crippen LogP contribution in [0.3, 0.4) is 0 Å². The quantitative estimate of drug-likeness (QED) is 0.579. The zero-order chi connectivity index (χ0) is 13.2. The van der Waals surface area contributed by atoms with Crippen LogP contribution >= 0.6 is 0 Å². The van der Waals surface area contributed by atoms with E-state index in [9.17, 15) is 0 Å². The van der Waals surface area contributed by atoms with Crippen molar-refractivity contribution < 1.29 is 67.6 Å². The fraction of sp³-hybridized carbons (Fsp3) is 0.133. The van der Waals surface area contributed by atoms with Crippen LogP contribution in [0.2, 0.25) is 6.82 Å². The summed E-state index contributed by atoms with van der Waals surface area (Å²) >= 11 is 0. The Morgan fingerprint density at radius 2 is 2.20 bits per heavy atom. The van der Waals surface area contributed by atoms with E-state index >= 15 is 0 Å². The third-order valence-electron chi connectivity index (χ3n) is 3.17. The molecule has 0 unspecified atom stereocenters. The Balaban J connectivity index is 0.00000147. The van der Waals surface area contributed by atoms with Gasteiger partial charge in [-0.25, -0.2) is 4.85 Å². The maximum atomic E-state index is 6.89. The van der Waals surface area contributed by atoms with Gasteiger partial charge in [-0.05, 0) is 23.2 Å². The minimum atomic E-state index is 0. The van der Waals surface area contributed by atoms with Crippen LogP contribution in [0.1, 0.15) is 5.56 Å². The topological polar surface area (TPSA) is 22.8 Å². The summed E-state index contributed by atoms with van der Waals surface area (Å²) in [5.41, 5.74) is 2.95. The standard InChI is InChI=1S/C15H11BNO2.Rb/c1-16-15-8-7-14(9-11(15)10-18-16)19-13-5-3-12(17-2)4-6-13;/h3-5,7-9H,10H2,1H3;/q-1;+1. The van der Waals surface area contributed by atoms with E-state index in [4.69, 9.17) is 16.0 Å². The molecule has 0 aromatic heterocycles. The molecule has 0 aliphatic carbocycles. The predicted molar refractivity (Wildman–Crippen MR) is 74.1 cm³/mol. The third-order valence-corrected chi connectivity index (χ3v) is 3.17. The summed E-state index contributed by atoms with van der Waals surface area (Å²) in [5, 5.41) is 0. The summed E-state index contributed by atoms with van der Waals surface area (Å²) in [6.07, 6.45) is 0. The van der Waals surface area contributed by atoms with Crippen LogP contribution in [0.15, 0.2) is 36.4 Å². The van der Waals surface area contributed by atoms with Crippen LogP contribution in [0.4, 0.5) is 5.69 Å². The molecule has 0 amide bonds. The molecular weight excluding hydrogens is 322 g/mol. The van der Waals surface area contributed by atoms with Gasteiger partial charge in [-0.3, -0.25) is 0 Å². The summed E-state index contributed by atoms with van der Waals surface area (Å²) in [5.74, 6) is 1.38. The second-order valence-electron chi connectivity index (χ2n) is 4.44. The molecule has 3 rings (SSSR count). The summed E-state index contributed by atoms with van der Waals surface area (Å²) in [6, 6.07) is 14.0. The molecule has 0 atom stereocenters. The molecule has 20 heavy (non-hydrogen) atoms. The second-order valence-corrected chi connectivity index (χ2v) is 4.44. The Morgan fingerprint density at radius 3 is 2.90 bits per heavy atom. The normalized spacial score (nSPS) is 12.3. The number of hydrogen-bond acceptors (Lipinski definition) is 2. The van der Waals surface area contributed by atoms with Crippen molar-refractivity contribution in [2.24, 2.45) is 0 Å². The average molecular weight is 334 g/mol. The van der Waals surface area contributed by atoms with E-state index < -0.39 is 0 Å². The summed E-state index contributed by atoms with van der Waals surface area (Å²) in [6.45, 7) is 9.73. The number of rotatable bonds is 2. The fourth-order valence-electron chi connectivity index (χ4n) is 2.13. The first kappa shape index (κ1) is 15.9. The molecule has 1 aliphatic heterocycles. The Labute approximate surface area is 168 Å². The van der Waals surface area contributed by atoms with Crippen molar-refractivity contribution in [2.45, 2.75) is 13.4 Å². The SMILES string of the molecule is [C-]#[N+]c1c[c-]c(Oc2ccc3c(c2)COB3C)cc1.[Rb+]. The van der Waals surface area contributed by atoms with E-state index in [1.54, 1.807) is 18.2 Å². The smallest absolute Gasteiger partial charge is 0.483 e. The van der Waals surface area contributed by atoms with Crippen LogP contribution in [0, 0.1) is 12.6 Å². The van der Waals surface area contributed by atoms with Crippen LogP contribution < -0.4 is 68.4 Å². The first-order valence-electron chi connectivity index (χ1n) is 6.08. The van der Waals surface area contributed by atoms with E-state index in [2.05, 4.69) is 10.9 Å². The number of ether oxygens (including phenoxy) is 1. The average Bonchev–Trinajstić information content (AvgIpc) is 2.81. The molecule has 0 saturated heterocycles. The largest absolute Gasteiger partial charge is 1.00 e. The molecule has 2 aromatic rings. The molecule has 92 valence electrons. The molecule has 1 heterocycles. The first-order chi connectivity index (χ1) is 9.26. The number of benzene rings is 2. The zero-order valence-corrected chi connectivity index (χ0v) is 16.4. The van der Waals surface area contributed by atoms with E-state index in [0.717, 1.165) is 5.75 Å². The van der Waals surface area contributed by atoms with E-state index in [1.807, 2.05) is 25.0 Å². The molecule has 0 N–H and O–H groups in total. The Hall–Kier alpha value is -0.440. The molecule has 0 fully saturated rings. The molecule has 5 heteroatoms. The van der Waals surface area contributed by atoms with Gasteiger partial charge >= 0.3 is 65.1 Å². The van der Waals surface area contributed by atoms with Gasteiger partial charge in [0.1, 0.15) is 12.3 Å². The van der Waals surface area contributed by atoms with Crippen molar-refractivity contribution in [3.05, 3.63) is 59.4 Å². The van der Waals surface area contributed by atoms with Gasteiger partial charge in [0.25, 0.3) is 0 Å².